The van der Waals surface area contributed by atoms with Crippen LogP contribution in [0.5, 0.6) is 0 Å². The zero-order valence-corrected chi connectivity index (χ0v) is 8.32. The van der Waals surface area contributed by atoms with Crippen molar-refractivity contribution in [2.24, 2.45) is 0 Å². The van der Waals surface area contributed by atoms with Crippen molar-refractivity contribution >= 4 is 0 Å². The molecule has 76 valence electrons. The summed E-state index contributed by atoms with van der Waals surface area (Å²) in [4.78, 5) is 0. The van der Waals surface area contributed by atoms with E-state index in [1.54, 1.807) is 0 Å². The van der Waals surface area contributed by atoms with Crippen LogP contribution in [0.3, 0.4) is 0 Å². The third kappa shape index (κ3) is 2.14. The Bertz CT molecular complexity index is 273. The van der Waals surface area contributed by atoms with Gasteiger partial charge in [0.2, 0.25) is 0 Å². The van der Waals surface area contributed by atoms with Gasteiger partial charge in [-0.1, -0.05) is 30.3 Å². The van der Waals surface area contributed by atoms with Crippen molar-refractivity contribution in [2.75, 3.05) is 13.1 Å². The fraction of sp³-hybridized carbons (Fsp3) is 0.500. The second-order valence-corrected chi connectivity index (χ2v) is 3.91. The number of benzene rings is 1. The van der Waals surface area contributed by atoms with Gasteiger partial charge in [-0.05, 0) is 31.5 Å². The molecule has 1 aromatic carbocycles. The number of aliphatic hydroxyl groups is 1. The van der Waals surface area contributed by atoms with Crippen LogP contribution in [0, 0.1) is 0 Å². The molecule has 2 heteroatoms. The molecule has 2 unspecified atom stereocenters. The first kappa shape index (κ1) is 9.69. The Kier molecular flexibility index (Phi) is 3.17. The highest BCUT2D eigenvalue weighted by Crippen LogP contribution is 2.26. The van der Waals surface area contributed by atoms with Gasteiger partial charge in [0, 0.05) is 5.92 Å². The summed E-state index contributed by atoms with van der Waals surface area (Å²) in [7, 11) is 0. The van der Waals surface area contributed by atoms with Crippen molar-refractivity contribution in [3.05, 3.63) is 35.9 Å². The lowest BCUT2D eigenvalue weighted by Crippen LogP contribution is -2.18. The van der Waals surface area contributed by atoms with Crippen LogP contribution in [0.2, 0.25) is 0 Å². The number of hydrogen-bond donors (Lipinski definition) is 2. The van der Waals surface area contributed by atoms with E-state index in [0.717, 1.165) is 25.9 Å². The van der Waals surface area contributed by atoms with Gasteiger partial charge in [0.05, 0.1) is 6.10 Å². The van der Waals surface area contributed by atoms with Gasteiger partial charge in [-0.15, -0.1) is 0 Å². The van der Waals surface area contributed by atoms with Crippen LogP contribution in [0.1, 0.15) is 24.3 Å². The minimum absolute atomic E-state index is 0.188. The van der Waals surface area contributed by atoms with Crippen LogP contribution in [0.25, 0.3) is 0 Å². The summed E-state index contributed by atoms with van der Waals surface area (Å²) in [6.07, 6.45) is 1.71. The first-order chi connectivity index (χ1) is 6.88. The van der Waals surface area contributed by atoms with Crippen molar-refractivity contribution in [2.45, 2.75) is 24.9 Å². The third-order valence-electron chi connectivity index (χ3n) is 2.94. The minimum atomic E-state index is -0.188. The molecule has 1 fully saturated rings. The average Bonchev–Trinajstić information content (AvgIpc) is 2.44. The van der Waals surface area contributed by atoms with Crippen molar-refractivity contribution in [1.29, 1.82) is 0 Å². The van der Waals surface area contributed by atoms with Gasteiger partial charge >= 0.3 is 0 Å². The van der Waals surface area contributed by atoms with Gasteiger partial charge in [0.1, 0.15) is 0 Å². The molecule has 0 spiro atoms. The quantitative estimate of drug-likeness (QED) is 0.705. The number of rotatable bonds is 1. The van der Waals surface area contributed by atoms with Crippen molar-refractivity contribution in [3.8, 4) is 0 Å². The Labute approximate surface area is 85.0 Å². The molecule has 0 radical (unpaired) electrons. The van der Waals surface area contributed by atoms with Crippen molar-refractivity contribution in [3.63, 3.8) is 0 Å². The second-order valence-electron chi connectivity index (χ2n) is 3.91. The maximum absolute atomic E-state index is 9.96. The standard InChI is InChI=1S/C12H17NO/c14-12-7-9-13-8-6-11(12)10-4-2-1-3-5-10/h1-5,11-14H,6-9H2. The molecule has 1 aromatic rings. The van der Waals surface area contributed by atoms with Crippen LogP contribution in [-0.4, -0.2) is 24.3 Å². The summed E-state index contributed by atoms with van der Waals surface area (Å²) in [6, 6.07) is 10.3. The van der Waals surface area contributed by atoms with Gasteiger partial charge in [0.25, 0.3) is 0 Å². The first-order valence-corrected chi connectivity index (χ1v) is 5.31. The summed E-state index contributed by atoms with van der Waals surface area (Å²) in [5.41, 5.74) is 1.27. The lowest BCUT2D eigenvalue weighted by Gasteiger charge is -2.19. The maximum atomic E-state index is 9.96. The van der Waals surface area contributed by atoms with E-state index < -0.39 is 0 Å². The van der Waals surface area contributed by atoms with Gasteiger partial charge in [0.15, 0.2) is 0 Å². The molecule has 1 saturated heterocycles. The van der Waals surface area contributed by atoms with E-state index in [-0.39, 0.29) is 6.10 Å². The molecule has 1 heterocycles. The average molecular weight is 191 g/mol. The normalized spacial score (nSPS) is 28.4. The van der Waals surface area contributed by atoms with Crippen LogP contribution in [0.15, 0.2) is 30.3 Å². The minimum Gasteiger partial charge on any atom is -0.392 e. The predicted octanol–water partition coefficient (Wildman–Crippen LogP) is 1.51. The summed E-state index contributed by atoms with van der Waals surface area (Å²) in [6.45, 7) is 1.95. The molecule has 1 aliphatic rings. The van der Waals surface area contributed by atoms with Crippen LogP contribution < -0.4 is 5.32 Å². The van der Waals surface area contributed by atoms with Crippen molar-refractivity contribution in [1.82, 2.24) is 5.32 Å². The molecule has 2 rings (SSSR count). The Morgan fingerprint density at radius 3 is 2.57 bits per heavy atom. The molecule has 2 N–H and O–H groups in total. The van der Waals surface area contributed by atoms with E-state index in [0.29, 0.717) is 5.92 Å². The molecule has 0 amide bonds. The van der Waals surface area contributed by atoms with E-state index in [1.807, 2.05) is 18.2 Å². The highest BCUT2D eigenvalue weighted by molar-refractivity contribution is 5.21. The van der Waals surface area contributed by atoms with Crippen LogP contribution in [-0.2, 0) is 0 Å². The zero-order chi connectivity index (χ0) is 9.80. The Hall–Kier alpha value is -0.860. The molecule has 2 atom stereocenters. The fourth-order valence-electron chi connectivity index (χ4n) is 2.12. The Morgan fingerprint density at radius 1 is 1.07 bits per heavy atom. The molecule has 14 heavy (non-hydrogen) atoms. The molecular weight excluding hydrogens is 174 g/mol. The molecule has 0 aromatic heterocycles. The van der Waals surface area contributed by atoms with Gasteiger partial charge in [-0.3, -0.25) is 0 Å². The van der Waals surface area contributed by atoms with E-state index >= 15 is 0 Å². The Morgan fingerprint density at radius 2 is 1.79 bits per heavy atom. The SMILES string of the molecule is OC1CCNCCC1c1ccccc1. The maximum Gasteiger partial charge on any atom is 0.0621 e. The smallest absolute Gasteiger partial charge is 0.0621 e. The summed E-state index contributed by atoms with van der Waals surface area (Å²) in [5.74, 6) is 0.311. The first-order valence-electron chi connectivity index (χ1n) is 5.31. The second kappa shape index (κ2) is 4.58. The third-order valence-corrected chi connectivity index (χ3v) is 2.94. The molecular formula is C12H17NO. The van der Waals surface area contributed by atoms with Gasteiger partial charge in [-0.25, -0.2) is 0 Å². The summed E-state index contributed by atoms with van der Waals surface area (Å²) in [5, 5.41) is 13.3. The van der Waals surface area contributed by atoms with Gasteiger partial charge < -0.3 is 10.4 Å². The molecule has 0 saturated carbocycles. The lowest BCUT2D eigenvalue weighted by atomic mass is 9.90. The zero-order valence-electron chi connectivity index (χ0n) is 8.32. The molecule has 1 aliphatic heterocycles. The largest absolute Gasteiger partial charge is 0.392 e. The van der Waals surface area contributed by atoms with Crippen LogP contribution in [0.4, 0.5) is 0 Å². The predicted molar refractivity (Wildman–Crippen MR) is 57.3 cm³/mol. The number of hydrogen-bond acceptors (Lipinski definition) is 2. The fourth-order valence-corrected chi connectivity index (χ4v) is 2.12. The van der Waals surface area contributed by atoms with E-state index in [4.69, 9.17) is 0 Å². The highest BCUT2D eigenvalue weighted by Gasteiger charge is 2.22. The summed E-state index contributed by atoms with van der Waals surface area (Å²) < 4.78 is 0. The highest BCUT2D eigenvalue weighted by atomic mass is 16.3. The van der Waals surface area contributed by atoms with E-state index in [1.165, 1.54) is 5.56 Å². The number of nitrogens with one attached hydrogen (secondary N) is 1. The Balaban J connectivity index is 2.15. The molecule has 0 bridgehead atoms. The topological polar surface area (TPSA) is 32.3 Å². The molecule has 0 aliphatic carbocycles. The van der Waals surface area contributed by atoms with E-state index in [9.17, 15) is 5.11 Å². The lowest BCUT2D eigenvalue weighted by molar-refractivity contribution is 0.139. The monoisotopic (exact) mass is 191 g/mol. The molecule has 2 nitrogen and oxygen atoms in total. The number of aliphatic hydroxyl groups excluding tert-OH is 1. The van der Waals surface area contributed by atoms with Crippen molar-refractivity contribution < 1.29 is 5.11 Å². The van der Waals surface area contributed by atoms with Crippen LogP contribution >= 0.6 is 0 Å². The van der Waals surface area contributed by atoms with Gasteiger partial charge in [-0.2, -0.15) is 0 Å². The summed E-state index contributed by atoms with van der Waals surface area (Å²) >= 11 is 0. The van der Waals surface area contributed by atoms with E-state index in [2.05, 4.69) is 17.4 Å².